The highest BCUT2D eigenvalue weighted by Gasteiger charge is 2.07. The molecule has 0 fully saturated rings. The van der Waals surface area contributed by atoms with Crippen LogP contribution in [0, 0.1) is 6.92 Å². The summed E-state index contributed by atoms with van der Waals surface area (Å²) in [7, 11) is 0. The molecule has 0 unspecified atom stereocenters. The summed E-state index contributed by atoms with van der Waals surface area (Å²) in [6.45, 7) is 5.45. The first-order chi connectivity index (χ1) is 3.79. The molecule has 0 bridgehead atoms. The fraction of sp³-hybridized carbons (Fsp3) is 0.571. The molecular formula is C7H10O. The van der Waals surface area contributed by atoms with Crippen molar-refractivity contribution < 1.29 is 5.11 Å². The van der Waals surface area contributed by atoms with Gasteiger partial charge < -0.3 is 5.11 Å². The average Bonchev–Trinajstić information content (AvgIpc) is 1.77. The van der Waals surface area contributed by atoms with Crippen molar-refractivity contribution in [3.63, 3.8) is 0 Å². The van der Waals surface area contributed by atoms with E-state index < -0.39 is 0 Å². The lowest BCUT2D eigenvalue weighted by atomic mass is 9.99. The normalized spacial score (nSPS) is 29.8. The molecule has 0 aromatic carbocycles. The predicted octanol–water partition coefficient (Wildman–Crippen LogP) is 1.17. The van der Waals surface area contributed by atoms with Crippen molar-refractivity contribution in [2.75, 3.05) is 0 Å². The topological polar surface area (TPSA) is 20.2 Å². The summed E-state index contributed by atoms with van der Waals surface area (Å²) in [6, 6.07) is 0. The van der Waals surface area contributed by atoms with Gasteiger partial charge in [-0.3, -0.25) is 0 Å². The molecule has 0 aromatic heterocycles. The van der Waals surface area contributed by atoms with E-state index in [9.17, 15) is 0 Å². The Morgan fingerprint density at radius 1 is 1.75 bits per heavy atom. The van der Waals surface area contributed by atoms with Gasteiger partial charge in [-0.05, 0) is 26.2 Å². The third-order valence-electron chi connectivity index (χ3n) is 1.42. The third-order valence-corrected chi connectivity index (χ3v) is 1.42. The number of aliphatic hydroxyl groups is 1. The van der Waals surface area contributed by atoms with E-state index in [4.69, 9.17) is 12.0 Å². The fourth-order valence-corrected chi connectivity index (χ4v) is 0.841. The molecule has 1 aliphatic carbocycles. The highest BCUT2D eigenvalue weighted by atomic mass is 16.3. The highest BCUT2D eigenvalue weighted by molar-refractivity contribution is 5.09. The van der Waals surface area contributed by atoms with E-state index in [1.54, 1.807) is 0 Å². The first-order valence-electron chi connectivity index (χ1n) is 2.91. The second kappa shape index (κ2) is 2.31. The maximum absolute atomic E-state index is 8.93. The van der Waals surface area contributed by atoms with Crippen LogP contribution in [0.25, 0.3) is 0 Å². The summed E-state index contributed by atoms with van der Waals surface area (Å²) in [5.41, 5.74) is 0.926. The Balaban J connectivity index is 2.42. The van der Waals surface area contributed by atoms with Gasteiger partial charge >= 0.3 is 0 Å². The molecule has 8 heavy (non-hydrogen) atoms. The van der Waals surface area contributed by atoms with Crippen molar-refractivity contribution in [3.8, 4) is 0 Å². The summed E-state index contributed by atoms with van der Waals surface area (Å²) >= 11 is 0. The zero-order valence-electron chi connectivity index (χ0n) is 4.80. The Morgan fingerprint density at radius 3 is 2.88 bits per heavy atom. The Labute approximate surface area is 50.0 Å². The smallest absolute Gasteiger partial charge is 0.0577 e. The molecule has 1 atom stereocenters. The van der Waals surface area contributed by atoms with Crippen LogP contribution in [0.5, 0.6) is 0 Å². The third kappa shape index (κ3) is 1.34. The number of rotatable bonds is 0. The van der Waals surface area contributed by atoms with Crippen LogP contribution in [0.2, 0.25) is 0 Å². The van der Waals surface area contributed by atoms with Gasteiger partial charge in [0.15, 0.2) is 0 Å². The largest absolute Gasteiger partial charge is 0.393 e. The molecule has 1 nitrogen and oxygen atoms in total. The summed E-state index contributed by atoms with van der Waals surface area (Å²) in [5, 5.41) is 8.93. The van der Waals surface area contributed by atoms with Crippen LogP contribution in [-0.2, 0) is 0 Å². The minimum atomic E-state index is -0.137. The molecule has 0 saturated carbocycles. The zero-order valence-corrected chi connectivity index (χ0v) is 4.80. The van der Waals surface area contributed by atoms with Crippen molar-refractivity contribution >= 4 is 0 Å². The Hall–Kier alpha value is -0.300. The van der Waals surface area contributed by atoms with Gasteiger partial charge in [-0.2, -0.15) is 0 Å². The van der Waals surface area contributed by atoms with Gasteiger partial charge in [0.1, 0.15) is 0 Å². The van der Waals surface area contributed by atoms with Gasteiger partial charge in [0.25, 0.3) is 0 Å². The van der Waals surface area contributed by atoms with E-state index >= 15 is 0 Å². The maximum Gasteiger partial charge on any atom is 0.0577 e. The first-order valence-corrected chi connectivity index (χ1v) is 2.91. The second-order valence-corrected chi connectivity index (χ2v) is 2.21. The minimum Gasteiger partial charge on any atom is -0.393 e. The minimum absolute atomic E-state index is 0.137. The van der Waals surface area contributed by atoms with Gasteiger partial charge in [-0.15, -0.1) is 0 Å². The van der Waals surface area contributed by atoms with Gasteiger partial charge in [0.2, 0.25) is 0 Å². The summed E-state index contributed by atoms with van der Waals surface area (Å²) < 4.78 is 0. The van der Waals surface area contributed by atoms with Gasteiger partial charge in [-0.25, -0.2) is 0 Å². The van der Waals surface area contributed by atoms with E-state index in [1.807, 2.05) is 6.08 Å². The molecule has 1 heteroatoms. The quantitative estimate of drug-likeness (QED) is 0.496. The van der Waals surface area contributed by atoms with E-state index in [0.29, 0.717) is 0 Å². The van der Waals surface area contributed by atoms with Crippen molar-refractivity contribution in [2.45, 2.75) is 25.4 Å². The van der Waals surface area contributed by atoms with E-state index in [1.165, 1.54) is 0 Å². The van der Waals surface area contributed by atoms with Crippen LogP contribution in [0.3, 0.4) is 0 Å². The zero-order chi connectivity index (χ0) is 5.98. The molecule has 1 aliphatic rings. The lowest BCUT2D eigenvalue weighted by molar-refractivity contribution is 0.163. The van der Waals surface area contributed by atoms with Crippen LogP contribution in [-0.4, -0.2) is 11.2 Å². The SMILES string of the molecule is [CH]C1=CC[C@H](O)CC1. The fourth-order valence-electron chi connectivity index (χ4n) is 0.841. The molecule has 0 saturated heterocycles. The lowest BCUT2D eigenvalue weighted by Crippen LogP contribution is -2.08. The van der Waals surface area contributed by atoms with Crippen LogP contribution >= 0.6 is 0 Å². The van der Waals surface area contributed by atoms with Crippen molar-refractivity contribution in [1.82, 2.24) is 0 Å². The monoisotopic (exact) mass is 110 g/mol. The van der Waals surface area contributed by atoms with E-state index in [2.05, 4.69) is 0 Å². The van der Waals surface area contributed by atoms with Crippen molar-refractivity contribution in [1.29, 1.82) is 0 Å². The number of aliphatic hydroxyl groups excluding tert-OH is 1. The van der Waals surface area contributed by atoms with Gasteiger partial charge in [0, 0.05) is 0 Å². The standard InChI is InChI=1S/C7H10O/c1-6-2-4-7(8)5-3-6/h1-2,7-8H,3-5H2/t7-/m0/s1. The Morgan fingerprint density at radius 2 is 2.50 bits per heavy atom. The lowest BCUT2D eigenvalue weighted by Gasteiger charge is -2.13. The predicted molar refractivity (Wildman–Crippen MR) is 32.2 cm³/mol. The molecule has 1 N–H and O–H groups in total. The van der Waals surface area contributed by atoms with Crippen LogP contribution in [0.15, 0.2) is 11.6 Å². The van der Waals surface area contributed by atoms with Crippen molar-refractivity contribution in [2.24, 2.45) is 0 Å². The molecule has 0 aromatic rings. The number of hydrogen-bond acceptors (Lipinski definition) is 1. The number of hydrogen-bond donors (Lipinski definition) is 1. The molecule has 1 rings (SSSR count). The van der Waals surface area contributed by atoms with Crippen LogP contribution < -0.4 is 0 Å². The molecule has 44 valence electrons. The highest BCUT2D eigenvalue weighted by Crippen LogP contribution is 2.16. The summed E-state index contributed by atoms with van der Waals surface area (Å²) in [6.07, 6.45) is 4.20. The molecule has 2 radical (unpaired) electrons. The molecule has 0 heterocycles. The van der Waals surface area contributed by atoms with Crippen molar-refractivity contribution in [3.05, 3.63) is 18.6 Å². The van der Waals surface area contributed by atoms with Crippen LogP contribution in [0.4, 0.5) is 0 Å². The maximum atomic E-state index is 8.93. The van der Waals surface area contributed by atoms with Gasteiger partial charge in [0.05, 0.1) is 6.10 Å². The summed E-state index contributed by atoms with van der Waals surface area (Å²) in [5.74, 6) is 0. The molecular weight excluding hydrogens is 100 g/mol. The molecule has 0 aliphatic heterocycles. The summed E-state index contributed by atoms with van der Waals surface area (Å²) in [4.78, 5) is 0. The number of allylic oxidation sites excluding steroid dienone is 1. The van der Waals surface area contributed by atoms with E-state index in [0.717, 1.165) is 24.8 Å². The molecule has 0 amide bonds. The Kier molecular flexibility index (Phi) is 1.69. The average molecular weight is 110 g/mol. The Bertz CT molecular complexity index is 105. The van der Waals surface area contributed by atoms with Crippen LogP contribution in [0.1, 0.15) is 19.3 Å². The van der Waals surface area contributed by atoms with Gasteiger partial charge in [-0.1, -0.05) is 11.6 Å². The second-order valence-electron chi connectivity index (χ2n) is 2.21. The first kappa shape index (κ1) is 5.83. The molecule has 0 spiro atoms. The van der Waals surface area contributed by atoms with E-state index in [-0.39, 0.29) is 6.10 Å².